The zero-order valence-electron chi connectivity index (χ0n) is 16.6. The molecule has 0 aliphatic heterocycles. The fourth-order valence-corrected chi connectivity index (χ4v) is 3.59. The summed E-state index contributed by atoms with van der Waals surface area (Å²) in [4.78, 5) is 26.2. The van der Waals surface area contributed by atoms with Crippen LogP contribution in [0.1, 0.15) is 10.4 Å². The Labute approximate surface area is 186 Å². The van der Waals surface area contributed by atoms with Gasteiger partial charge >= 0.3 is 11.5 Å². The number of nitrogens with zero attached hydrogens (tertiary/aromatic N) is 2. The SMILES string of the molecule is CN(C(=O)N(CC[S+](C)[O-])C(=O)c1c(F)cccc1F)c1ccc(SC(F)(F)F)cc1F. The molecular weight excluding hydrogens is 482 g/mol. The second kappa shape index (κ2) is 10.5. The second-order valence-electron chi connectivity index (χ2n) is 6.33. The van der Waals surface area contributed by atoms with Crippen molar-refractivity contribution < 1.29 is 40.5 Å². The number of amides is 3. The van der Waals surface area contributed by atoms with Gasteiger partial charge in [-0.05, 0) is 42.1 Å². The summed E-state index contributed by atoms with van der Waals surface area (Å²) in [6, 6.07) is 3.76. The number of thioether (sulfide) groups is 1. The van der Waals surface area contributed by atoms with Crippen molar-refractivity contribution in [3.63, 3.8) is 0 Å². The monoisotopic (exact) mass is 498 g/mol. The summed E-state index contributed by atoms with van der Waals surface area (Å²) in [6.07, 6.45) is 1.28. The van der Waals surface area contributed by atoms with Gasteiger partial charge in [0.15, 0.2) is 0 Å². The Morgan fingerprint density at radius 2 is 1.66 bits per heavy atom. The van der Waals surface area contributed by atoms with Crippen LogP contribution in [0.15, 0.2) is 41.3 Å². The molecule has 0 fully saturated rings. The average Bonchev–Trinajstić information content (AvgIpc) is 2.66. The molecular formula is C19H16F6N2O3S2. The van der Waals surface area contributed by atoms with Crippen LogP contribution in [0.5, 0.6) is 0 Å². The van der Waals surface area contributed by atoms with E-state index in [9.17, 15) is 40.5 Å². The van der Waals surface area contributed by atoms with Crippen molar-refractivity contribution in [3.05, 3.63) is 59.4 Å². The Hall–Kier alpha value is -2.38. The van der Waals surface area contributed by atoms with Crippen LogP contribution in [0, 0.1) is 17.5 Å². The van der Waals surface area contributed by atoms with Crippen molar-refractivity contribution >= 4 is 40.6 Å². The number of carbonyl (C=O) groups excluding carboxylic acids is 2. The molecule has 0 saturated heterocycles. The molecule has 0 aliphatic carbocycles. The van der Waals surface area contributed by atoms with Crippen LogP contribution < -0.4 is 4.90 Å². The van der Waals surface area contributed by atoms with Gasteiger partial charge in [0.2, 0.25) is 0 Å². The number of hydrogen-bond acceptors (Lipinski definition) is 4. The highest BCUT2D eigenvalue weighted by Gasteiger charge is 2.33. The van der Waals surface area contributed by atoms with Crippen LogP contribution in [-0.2, 0) is 11.2 Å². The molecule has 0 aromatic heterocycles. The molecule has 0 N–H and O–H groups in total. The Kier molecular flexibility index (Phi) is 8.48. The van der Waals surface area contributed by atoms with Gasteiger partial charge in [0.25, 0.3) is 5.91 Å². The standard InChI is InChI=1S/C19H16F6N2O3S2/c1-26(15-7-6-11(10-14(15)22)31-19(23,24)25)18(29)27(8-9-32(2)30)17(28)16-12(20)4-3-5-13(16)21/h3-7,10H,8-9H2,1-2H3. The van der Waals surface area contributed by atoms with Crippen molar-refractivity contribution in [1.29, 1.82) is 0 Å². The van der Waals surface area contributed by atoms with E-state index in [1.165, 1.54) is 6.26 Å². The normalized spacial score (nSPS) is 12.4. The van der Waals surface area contributed by atoms with Crippen molar-refractivity contribution in [2.45, 2.75) is 10.4 Å². The number of rotatable bonds is 6. The van der Waals surface area contributed by atoms with Crippen LogP contribution in [0.4, 0.5) is 36.8 Å². The van der Waals surface area contributed by atoms with Crippen LogP contribution in [0.25, 0.3) is 0 Å². The zero-order valence-corrected chi connectivity index (χ0v) is 18.2. The Bertz CT molecular complexity index is 983. The van der Waals surface area contributed by atoms with E-state index in [0.717, 1.165) is 37.4 Å². The van der Waals surface area contributed by atoms with Gasteiger partial charge in [0.05, 0.1) is 18.5 Å². The number of alkyl halides is 3. The van der Waals surface area contributed by atoms with Gasteiger partial charge in [-0.1, -0.05) is 17.2 Å². The smallest absolute Gasteiger partial charge is 0.446 e. The molecule has 0 heterocycles. The first-order valence-corrected chi connectivity index (χ1v) is 11.2. The third kappa shape index (κ3) is 6.56. The highest BCUT2D eigenvalue weighted by atomic mass is 32.2. The number of benzene rings is 2. The minimum atomic E-state index is -4.65. The van der Waals surface area contributed by atoms with Crippen molar-refractivity contribution in [2.24, 2.45) is 0 Å². The molecule has 174 valence electrons. The predicted molar refractivity (Wildman–Crippen MR) is 108 cm³/mol. The molecule has 1 atom stereocenters. The number of urea groups is 1. The summed E-state index contributed by atoms with van der Waals surface area (Å²) in [5.74, 6) is -5.29. The molecule has 32 heavy (non-hydrogen) atoms. The van der Waals surface area contributed by atoms with E-state index in [2.05, 4.69) is 0 Å². The first kappa shape index (κ1) is 25.9. The van der Waals surface area contributed by atoms with Gasteiger partial charge in [-0.15, -0.1) is 0 Å². The number of carbonyl (C=O) groups is 2. The highest BCUT2D eigenvalue weighted by molar-refractivity contribution is 8.00. The summed E-state index contributed by atoms with van der Waals surface area (Å²) in [6.45, 7) is -0.511. The fraction of sp³-hybridized carbons (Fsp3) is 0.263. The molecule has 2 rings (SSSR count). The molecule has 2 aromatic carbocycles. The molecule has 0 aliphatic rings. The molecule has 0 spiro atoms. The lowest BCUT2D eigenvalue weighted by Crippen LogP contribution is -2.47. The van der Waals surface area contributed by atoms with Gasteiger partial charge in [-0.3, -0.25) is 14.6 Å². The van der Waals surface area contributed by atoms with E-state index in [1.807, 2.05) is 0 Å². The summed E-state index contributed by atoms with van der Waals surface area (Å²) < 4.78 is 91.4. The Morgan fingerprint density at radius 3 is 2.16 bits per heavy atom. The van der Waals surface area contributed by atoms with Crippen molar-refractivity contribution in [1.82, 2.24) is 4.90 Å². The molecule has 0 bridgehead atoms. The van der Waals surface area contributed by atoms with E-state index in [0.29, 0.717) is 15.9 Å². The Morgan fingerprint density at radius 1 is 1.06 bits per heavy atom. The number of halogens is 6. The maximum atomic E-state index is 14.4. The summed E-state index contributed by atoms with van der Waals surface area (Å²) >= 11 is -2.06. The second-order valence-corrected chi connectivity index (χ2v) is 9.03. The first-order valence-electron chi connectivity index (χ1n) is 8.70. The molecule has 0 saturated carbocycles. The minimum Gasteiger partial charge on any atom is -0.617 e. The van der Waals surface area contributed by atoms with Crippen LogP contribution in [0.2, 0.25) is 0 Å². The van der Waals surface area contributed by atoms with Gasteiger partial charge in [0, 0.05) is 11.9 Å². The lowest BCUT2D eigenvalue weighted by molar-refractivity contribution is -0.0328. The topological polar surface area (TPSA) is 63.7 Å². The van der Waals surface area contributed by atoms with Crippen LogP contribution in [0.3, 0.4) is 0 Å². The average molecular weight is 498 g/mol. The van der Waals surface area contributed by atoms with Crippen LogP contribution >= 0.6 is 11.8 Å². The van der Waals surface area contributed by atoms with Crippen molar-refractivity contribution in [3.8, 4) is 0 Å². The summed E-state index contributed by atoms with van der Waals surface area (Å²) in [7, 11) is 1.03. The molecule has 13 heteroatoms. The van der Waals surface area contributed by atoms with Crippen molar-refractivity contribution in [2.75, 3.05) is 30.5 Å². The largest absolute Gasteiger partial charge is 0.617 e. The van der Waals surface area contributed by atoms with E-state index < -0.39 is 80.5 Å². The lowest BCUT2D eigenvalue weighted by atomic mass is 10.1. The number of imide groups is 1. The quantitative estimate of drug-likeness (QED) is 0.326. The number of anilines is 1. The van der Waals surface area contributed by atoms with Gasteiger partial charge in [-0.2, -0.15) is 13.2 Å². The van der Waals surface area contributed by atoms with Gasteiger partial charge in [-0.25, -0.2) is 18.0 Å². The number of hydrogen-bond donors (Lipinski definition) is 0. The maximum absolute atomic E-state index is 14.4. The molecule has 2 aromatic rings. The van der Waals surface area contributed by atoms with Gasteiger partial charge < -0.3 is 4.55 Å². The third-order valence-corrected chi connectivity index (χ3v) is 5.53. The van der Waals surface area contributed by atoms with Gasteiger partial charge in [0.1, 0.15) is 28.8 Å². The summed E-state index contributed by atoms with van der Waals surface area (Å²) in [5, 5.41) is 0. The van der Waals surface area contributed by atoms with E-state index in [1.54, 1.807) is 0 Å². The van der Waals surface area contributed by atoms with Crippen LogP contribution in [-0.4, -0.2) is 52.5 Å². The fourth-order valence-electron chi connectivity index (χ4n) is 2.58. The molecule has 5 nitrogen and oxygen atoms in total. The van der Waals surface area contributed by atoms with E-state index >= 15 is 0 Å². The van der Waals surface area contributed by atoms with E-state index in [-0.39, 0.29) is 5.75 Å². The highest BCUT2D eigenvalue weighted by Crippen LogP contribution is 2.38. The molecule has 1 unspecified atom stereocenters. The maximum Gasteiger partial charge on any atom is 0.446 e. The first-order chi connectivity index (χ1) is 14.8. The minimum absolute atomic E-state index is 0.231. The summed E-state index contributed by atoms with van der Waals surface area (Å²) in [5.41, 5.74) is -6.17. The predicted octanol–water partition coefficient (Wildman–Crippen LogP) is 4.79. The van der Waals surface area contributed by atoms with E-state index in [4.69, 9.17) is 0 Å². The lowest BCUT2D eigenvalue weighted by Gasteiger charge is -2.27. The molecule has 3 amide bonds. The molecule has 0 radical (unpaired) electrons. The zero-order chi connectivity index (χ0) is 24.2. The Balaban J connectivity index is 2.38. The third-order valence-electron chi connectivity index (χ3n) is 4.06.